The van der Waals surface area contributed by atoms with Crippen LogP contribution in [-0.2, 0) is 12.0 Å². The highest BCUT2D eigenvalue weighted by Crippen LogP contribution is 2.32. The van der Waals surface area contributed by atoms with E-state index >= 15 is 0 Å². The van der Waals surface area contributed by atoms with Gasteiger partial charge in [0.25, 0.3) is 0 Å². The van der Waals surface area contributed by atoms with Gasteiger partial charge in [0.05, 0.1) is 20.8 Å². The fourth-order valence-corrected chi connectivity index (χ4v) is 3.26. The Morgan fingerprint density at radius 2 is 1.76 bits per heavy atom. The number of oxazole rings is 1. The quantitative estimate of drug-likeness (QED) is 0.216. The molecule has 2 N–H and O–H groups in total. The van der Waals surface area contributed by atoms with Crippen molar-refractivity contribution in [2.45, 2.75) is 32.7 Å². The zero-order valence-electron chi connectivity index (χ0n) is 19.8. The van der Waals surface area contributed by atoms with Gasteiger partial charge >= 0.3 is 0 Å². The summed E-state index contributed by atoms with van der Waals surface area (Å²) in [6.45, 7) is 8.25. The van der Waals surface area contributed by atoms with Crippen LogP contribution in [0.5, 0.6) is 11.5 Å². The van der Waals surface area contributed by atoms with Crippen LogP contribution in [0, 0.1) is 0 Å². The summed E-state index contributed by atoms with van der Waals surface area (Å²) < 4.78 is 16.4. The number of nitrogens with zero attached hydrogens (tertiary/aromatic N) is 2. The Morgan fingerprint density at radius 3 is 2.42 bits per heavy atom. The van der Waals surface area contributed by atoms with Crippen molar-refractivity contribution < 1.29 is 13.9 Å². The molecule has 8 heteroatoms. The highest BCUT2D eigenvalue weighted by Gasteiger charge is 2.23. The number of guanidine groups is 1. The van der Waals surface area contributed by atoms with Gasteiger partial charge in [0.1, 0.15) is 12.0 Å². The summed E-state index contributed by atoms with van der Waals surface area (Å²) in [6.07, 6.45) is 1.66. The van der Waals surface area contributed by atoms with Gasteiger partial charge in [0.15, 0.2) is 17.5 Å². The Bertz CT molecular complexity index is 1040. The Morgan fingerprint density at radius 1 is 1.03 bits per heavy atom. The van der Waals surface area contributed by atoms with Crippen LogP contribution < -0.4 is 20.1 Å². The third-order valence-electron chi connectivity index (χ3n) is 5.18. The normalized spacial score (nSPS) is 11.5. The fraction of sp³-hybridized carbons (Fsp3) is 0.360. The van der Waals surface area contributed by atoms with Crippen LogP contribution in [0.25, 0.3) is 11.5 Å². The minimum Gasteiger partial charge on any atom is -0.493 e. The molecule has 3 aromatic rings. The molecule has 0 fully saturated rings. The number of ether oxygens (including phenoxy) is 2. The summed E-state index contributed by atoms with van der Waals surface area (Å²) in [5.74, 6) is 2.77. The topological polar surface area (TPSA) is 80.9 Å². The number of aromatic nitrogens is 1. The zero-order chi connectivity index (χ0) is 23.0. The van der Waals surface area contributed by atoms with Crippen molar-refractivity contribution in [3.63, 3.8) is 0 Å². The van der Waals surface area contributed by atoms with E-state index in [1.807, 2.05) is 49.4 Å². The van der Waals surface area contributed by atoms with E-state index < -0.39 is 0 Å². The molecule has 0 saturated carbocycles. The number of aliphatic imine (C=N–C) groups is 1. The Labute approximate surface area is 213 Å². The van der Waals surface area contributed by atoms with Gasteiger partial charge in [-0.25, -0.2) is 9.98 Å². The Balaban J connectivity index is 0.00000385. The molecule has 3 rings (SSSR count). The number of halogens is 1. The second kappa shape index (κ2) is 12.5. The molecule has 0 saturated heterocycles. The minimum atomic E-state index is -0.163. The first-order chi connectivity index (χ1) is 15.5. The lowest BCUT2D eigenvalue weighted by molar-refractivity contribution is 0.353. The molecule has 0 spiro atoms. The first-order valence-electron chi connectivity index (χ1n) is 10.7. The predicted octanol–water partition coefficient (Wildman–Crippen LogP) is 5.01. The molecule has 2 aromatic carbocycles. The Kier molecular flexibility index (Phi) is 10.0. The van der Waals surface area contributed by atoms with Gasteiger partial charge in [-0.15, -0.1) is 24.0 Å². The van der Waals surface area contributed by atoms with Gasteiger partial charge < -0.3 is 24.5 Å². The third kappa shape index (κ3) is 7.12. The van der Waals surface area contributed by atoms with Gasteiger partial charge in [0, 0.05) is 24.1 Å². The molecule has 33 heavy (non-hydrogen) atoms. The largest absolute Gasteiger partial charge is 0.493 e. The third-order valence-corrected chi connectivity index (χ3v) is 5.18. The van der Waals surface area contributed by atoms with E-state index in [0.29, 0.717) is 19.0 Å². The maximum Gasteiger partial charge on any atom is 0.226 e. The van der Waals surface area contributed by atoms with Crippen LogP contribution in [0.15, 0.2) is 64.2 Å². The lowest BCUT2D eigenvalue weighted by Crippen LogP contribution is -2.43. The molecule has 0 radical (unpaired) electrons. The van der Waals surface area contributed by atoms with Crippen LogP contribution >= 0.6 is 24.0 Å². The molecule has 0 unspecified atom stereocenters. The molecule has 1 aromatic heterocycles. The molecule has 0 bridgehead atoms. The molecule has 178 valence electrons. The average Bonchev–Trinajstić information content (AvgIpc) is 3.30. The predicted molar refractivity (Wildman–Crippen MR) is 143 cm³/mol. The summed E-state index contributed by atoms with van der Waals surface area (Å²) in [4.78, 5) is 9.23. The molecular formula is C25H33IN4O3. The first-order valence-corrected chi connectivity index (χ1v) is 10.7. The molecule has 0 aliphatic heterocycles. The van der Waals surface area contributed by atoms with Crippen LogP contribution in [0.4, 0.5) is 0 Å². The number of hydrogen-bond donors (Lipinski definition) is 2. The number of benzene rings is 2. The van der Waals surface area contributed by atoms with Gasteiger partial charge in [-0.1, -0.05) is 38.1 Å². The molecular weight excluding hydrogens is 531 g/mol. The molecule has 0 atom stereocenters. The summed E-state index contributed by atoms with van der Waals surface area (Å²) in [5.41, 5.74) is 2.71. The standard InChI is InChI=1S/C25H32N4O3.HI/c1-6-26-24(27-15-20-16-32-23(29-20)18-10-8-7-9-11-18)28-17-25(2,3)19-12-13-21(30-4)22(14-19)31-5;/h7-14,16H,6,15,17H2,1-5H3,(H2,26,27,28);1H. The highest BCUT2D eigenvalue weighted by atomic mass is 127. The summed E-state index contributed by atoms with van der Waals surface area (Å²) in [6, 6.07) is 15.9. The van der Waals surface area contributed by atoms with Crippen molar-refractivity contribution in [1.29, 1.82) is 0 Å². The summed E-state index contributed by atoms with van der Waals surface area (Å²) in [7, 11) is 3.29. The number of nitrogens with one attached hydrogen (secondary N) is 2. The summed E-state index contributed by atoms with van der Waals surface area (Å²) >= 11 is 0. The molecule has 1 heterocycles. The van der Waals surface area contributed by atoms with Crippen LogP contribution in [0.3, 0.4) is 0 Å². The molecule has 0 aliphatic carbocycles. The number of rotatable bonds is 9. The lowest BCUT2D eigenvalue weighted by Gasteiger charge is -2.27. The van der Waals surface area contributed by atoms with Crippen molar-refractivity contribution in [1.82, 2.24) is 15.6 Å². The van der Waals surface area contributed by atoms with Crippen molar-refractivity contribution in [2.24, 2.45) is 4.99 Å². The van der Waals surface area contributed by atoms with Gasteiger partial charge in [-0.3, -0.25) is 0 Å². The molecule has 0 amide bonds. The van der Waals surface area contributed by atoms with Crippen molar-refractivity contribution >= 4 is 29.9 Å². The van der Waals surface area contributed by atoms with E-state index in [9.17, 15) is 0 Å². The minimum absolute atomic E-state index is 0. The van der Waals surface area contributed by atoms with E-state index in [4.69, 9.17) is 13.9 Å². The second-order valence-corrected chi connectivity index (χ2v) is 8.01. The van der Waals surface area contributed by atoms with Crippen LogP contribution in [0.2, 0.25) is 0 Å². The fourth-order valence-electron chi connectivity index (χ4n) is 3.26. The number of methoxy groups -OCH3 is 2. The van der Waals surface area contributed by atoms with Crippen LogP contribution in [-0.4, -0.2) is 38.3 Å². The lowest BCUT2D eigenvalue weighted by atomic mass is 9.84. The molecule has 0 aliphatic rings. The van der Waals surface area contributed by atoms with E-state index in [1.165, 1.54) is 0 Å². The SMILES string of the molecule is CCNC(=NCc1coc(-c2ccccc2)n1)NCC(C)(C)c1ccc(OC)c(OC)c1.I. The zero-order valence-corrected chi connectivity index (χ0v) is 22.2. The van der Waals surface area contributed by atoms with Gasteiger partial charge in [-0.2, -0.15) is 0 Å². The Hall–Kier alpha value is -2.75. The van der Waals surface area contributed by atoms with E-state index in [2.05, 4.69) is 40.5 Å². The molecule has 7 nitrogen and oxygen atoms in total. The monoisotopic (exact) mass is 564 g/mol. The summed E-state index contributed by atoms with van der Waals surface area (Å²) in [5, 5.41) is 6.73. The number of hydrogen-bond acceptors (Lipinski definition) is 5. The van der Waals surface area contributed by atoms with Gasteiger partial charge in [0.2, 0.25) is 5.89 Å². The highest BCUT2D eigenvalue weighted by molar-refractivity contribution is 14.0. The van der Waals surface area contributed by atoms with Crippen molar-refractivity contribution in [3.8, 4) is 23.0 Å². The van der Waals surface area contributed by atoms with Crippen molar-refractivity contribution in [2.75, 3.05) is 27.3 Å². The average molecular weight is 564 g/mol. The van der Waals surface area contributed by atoms with Crippen molar-refractivity contribution in [3.05, 3.63) is 66.1 Å². The van der Waals surface area contributed by atoms with E-state index in [0.717, 1.165) is 40.8 Å². The maximum absolute atomic E-state index is 5.61. The maximum atomic E-state index is 5.61. The second-order valence-electron chi connectivity index (χ2n) is 8.01. The first kappa shape index (κ1) is 26.5. The van der Waals surface area contributed by atoms with Crippen LogP contribution in [0.1, 0.15) is 32.0 Å². The smallest absolute Gasteiger partial charge is 0.226 e. The van der Waals surface area contributed by atoms with E-state index in [-0.39, 0.29) is 29.4 Å². The van der Waals surface area contributed by atoms with E-state index in [1.54, 1.807) is 20.5 Å². The van der Waals surface area contributed by atoms with Gasteiger partial charge in [-0.05, 0) is 36.8 Å².